The largest absolute Gasteiger partial charge is 0.490 e. The van der Waals surface area contributed by atoms with Gasteiger partial charge in [-0.05, 0) is 54.3 Å². The number of nitrogens with one attached hydrogen (secondary N) is 1. The Hall–Kier alpha value is -3.70. The van der Waals surface area contributed by atoms with Crippen molar-refractivity contribution in [3.63, 3.8) is 0 Å². The van der Waals surface area contributed by atoms with Crippen LogP contribution in [0.1, 0.15) is 30.0 Å². The molecule has 0 saturated carbocycles. The monoisotopic (exact) mass is 462 g/mol. The highest BCUT2D eigenvalue weighted by Crippen LogP contribution is 2.20. The van der Waals surface area contributed by atoms with Crippen LogP contribution in [0.25, 0.3) is 6.08 Å². The van der Waals surface area contributed by atoms with Gasteiger partial charge < -0.3 is 9.47 Å². The van der Waals surface area contributed by atoms with E-state index in [1.807, 2.05) is 37.3 Å². The Morgan fingerprint density at radius 1 is 1.12 bits per heavy atom. The maximum Gasteiger partial charge on any atom is 0.268 e. The zero-order valence-electron chi connectivity index (χ0n) is 18.9. The summed E-state index contributed by atoms with van der Waals surface area (Å²) in [6.45, 7) is 7.02. The lowest BCUT2D eigenvalue weighted by Gasteiger charge is -2.09. The Balaban J connectivity index is 1.51. The standard InChI is InChI=1S/C25H26N4O3S/c1-17(2)13-23-28-29-25(33-23)27-24(30)20(16-26)15-19-7-9-21(10-8-19)31-11-12-32-22-6-4-5-18(3)14-22/h4-10,14-15,17H,11-13H2,1-3H3,(H,27,29,30). The van der Waals surface area contributed by atoms with Crippen molar-refractivity contribution in [3.8, 4) is 17.6 Å². The third-order valence-corrected chi connectivity index (χ3v) is 5.30. The summed E-state index contributed by atoms with van der Waals surface area (Å²) in [5.41, 5.74) is 1.83. The number of aryl methyl sites for hydroxylation is 1. The summed E-state index contributed by atoms with van der Waals surface area (Å²) in [6, 6.07) is 16.9. The summed E-state index contributed by atoms with van der Waals surface area (Å²) in [6.07, 6.45) is 2.32. The summed E-state index contributed by atoms with van der Waals surface area (Å²) in [4.78, 5) is 12.5. The highest BCUT2D eigenvalue weighted by molar-refractivity contribution is 7.15. The van der Waals surface area contributed by atoms with Crippen molar-refractivity contribution in [2.75, 3.05) is 18.5 Å². The molecule has 1 N–H and O–H groups in total. The maximum atomic E-state index is 12.5. The normalized spacial score (nSPS) is 11.2. The Morgan fingerprint density at radius 3 is 2.52 bits per heavy atom. The van der Waals surface area contributed by atoms with Crippen molar-refractivity contribution in [2.24, 2.45) is 5.92 Å². The molecule has 0 aliphatic rings. The van der Waals surface area contributed by atoms with Crippen LogP contribution in [-0.2, 0) is 11.2 Å². The van der Waals surface area contributed by atoms with Gasteiger partial charge in [0.1, 0.15) is 41.4 Å². The van der Waals surface area contributed by atoms with Crippen molar-refractivity contribution in [3.05, 3.63) is 70.2 Å². The van der Waals surface area contributed by atoms with Crippen LogP contribution in [0.15, 0.2) is 54.1 Å². The van der Waals surface area contributed by atoms with Crippen molar-refractivity contribution in [2.45, 2.75) is 27.2 Å². The molecule has 7 nitrogen and oxygen atoms in total. The number of aromatic nitrogens is 2. The number of hydrogen-bond acceptors (Lipinski definition) is 7. The molecule has 0 saturated heterocycles. The highest BCUT2D eigenvalue weighted by Gasteiger charge is 2.13. The number of amides is 1. The molecule has 1 heterocycles. The quantitative estimate of drug-likeness (QED) is 0.257. The minimum absolute atomic E-state index is 0.0177. The molecule has 0 unspecified atom stereocenters. The number of hydrogen-bond donors (Lipinski definition) is 1. The van der Waals surface area contributed by atoms with Crippen LogP contribution >= 0.6 is 11.3 Å². The lowest BCUT2D eigenvalue weighted by molar-refractivity contribution is -0.112. The topological polar surface area (TPSA) is 97.1 Å². The summed E-state index contributed by atoms with van der Waals surface area (Å²) in [7, 11) is 0. The van der Waals surface area contributed by atoms with E-state index in [-0.39, 0.29) is 5.57 Å². The number of ether oxygens (including phenoxy) is 2. The first-order valence-corrected chi connectivity index (χ1v) is 11.4. The number of anilines is 1. The van der Waals surface area contributed by atoms with E-state index in [1.54, 1.807) is 24.3 Å². The van der Waals surface area contributed by atoms with Gasteiger partial charge in [0.15, 0.2) is 0 Å². The van der Waals surface area contributed by atoms with Gasteiger partial charge in [0.2, 0.25) is 5.13 Å². The third kappa shape index (κ3) is 7.74. The smallest absolute Gasteiger partial charge is 0.268 e. The van der Waals surface area contributed by atoms with Gasteiger partial charge in [-0.15, -0.1) is 10.2 Å². The van der Waals surface area contributed by atoms with Gasteiger partial charge in [-0.25, -0.2) is 0 Å². The molecule has 3 aromatic rings. The molecule has 8 heteroatoms. The molecule has 1 aromatic heterocycles. The van der Waals surface area contributed by atoms with Crippen LogP contribution in [0.5, 0.6) is 11.5 Å². The molecule has 33 heavy (non-hydrogen) atoms. The second-order valence-electron chi connectivity index (χ2n) is 7.81. The van der Waals surface area contributed by atoms with E-state index in [9.17, 15) is 10.1 Å². The number of carbonyl (C=O) groups is 1. The first-order chi connectivity index (χ1) is 15.9. The number of benzene rings is 2. The van der Waals surface area contributed by atoms with Gasteiger partial charge in [-0.2, -0.15) is 5.26 Å². The Morgan fingerprint density at radius 2 is 1.85 bits per heavy atom. The van der Waals surface area contributed by atoms with E-state index >= 15 is 0 Å². The van der Waals surface area contributed by atoms with Crippen LogP contribution in [0.3, 0.4) is 0 Å². The van der Waals surface area contributed by atoms with Crippen molar-refractivity contribution in [1.29, 1.82) is 5.26 Å². The predicted octanol–water partition coefficient (Wildman–Crippen LogP) is 5.05. The molecule has 0 atom stereocenters. The molecule has 0 bridgehead atoms. The van der Waals surface area contributed by atoms with E-state index in [2.05, 4.69) is 29.4 Å². The van der Waals surface area contributed by atoms with Gasteiger partial charge in [-0.1, -0.05) is 49.4 Å². The van der Waals surface area contributed by atoms with Crippen LogP contribution in [-0.4, -0.2) is 29.3 Å². The lowest BCUT2D eigenvalue weighted by atomic mass is 10.1. The van der Waals surface area contributed by atoms with Gasteiger partial charge in [0.05, 0.1) is 0 Å². The SMILES string of the molecule is Cc1cccc(OCCOc2ccc(C=C(C#N)C(=O)Nc3nnc(CC(C)C)s3)cc2)c1. The zero-order valence-corrected chi connectivity index (χ0v) is 19.7. The van der Waals surface area contributed by atoms with E-state index < -0.39 is 5.91 Å². The fourth-order valence-electron chi connectivity index (χ4n) is 2.90. The molecule has 0 aliphatic carbocycles. The summed E-state index contributed by atoms with van der Waals surface area (Å²) in [5, 5.41) is 21.3. The van der Waals surface area contributed by atoms with Gasteiger partial charge in [0, 0.05) is 6.42 Å². The number of carbonyl (C=O) groups excluding carboxylic acids is 1. The van der Waals surface area contributed by atoms with E-state index in [0.29, 0.717) is 35.6 Å². The summed E-state index contributed by atoms with van der Waals surface area (Å²) in [5.74, 6) is 1.42. The van der Waals surface area contributed by atoms with Gasteiger partial charge in [0.25, 0.3) is 5.91 Å². The van der Waals surface area contributed by atoms with Crippen molar-refractivity contribution in [1.82, 2.24) is 10.2 Å². The fraction of sp³-hybridized carbons (Fsp3) is 0.280. The molecule has 0 aliphatic heterocycles. The second kappa shape index (κ2) is 11.8. The van der Waals surface area contributed by atoms with Crippen LogP contribution < -0.4 is 14.8 Å². The molecule has 3 rings (SSSR count). The van der Waals surface area contributed by atoms with Crippen LogP contribution in [0, 0.1) is 24.2 Å². The molecule has 0 radical (unpaired) electrons. The molecule has 170 valence electrons. The minimum atomic E-state index is -0.515. The minimum Gasteiger partial charge on any atom is -0.490 e. The lowest BCUT2D eigenvalue weighted by Crippen LogP contribution is -2.13. The van der Waals surface area contributed by atoms with E-state index in [0.717, 1.165) is 22.7 Å². The van der Waals surface area contributed by atoms with Crippen molar-refractivity contribution >= 4 is 28.5 Å². The zero-order chi connectivity index (χ0) is 23.6. The molecule has 1 amide bonds. The molecule has 0 fully saturated rings. The second-order valence-corrected chi connectivity index (χ2v) is 8.87. The fourth-order valence-corrected chi connectivity index (χ4v) is 3.85. The van der Waals surface area contributed by atoms with Crippen LogP contribution in [0.2, 0.25) is 0 Å². The first-order valence-electron chi connectivity index (χ1n) is 10.6. The molecular formula is C25H26N4O3S. The maximum absolute atomic E-state index is 12.5. The number of nitrogens with zero attached hydrogens (tertiary/aromatic N) is 3. The van der Waals surface area contributed by atoms with E-state index in [1.165, 1.54) is 17.4 Å². The summed E-state index contributed by atoms with van der Waals surface area (Å²) < 4.78 is 11.4. The Labute approximate surface area is 197 Å². The Kier molecular flexibility index (Phi) is 8.56. The third-order valence-electron chi connectivity index (χ3n) is 4.44. The summed E-state index contributed by atoms with van der Waals surface area (Å²) >= 11 is 1.32. The molecular weight excluding hydrogens is 436 g/mol. The first kappa shape index (κ1) is 24.0. The molecule has 0 spiro atoms. The highest BCUT2D eigenvalue weighted by atomic mass is 32.1. The van der Waals surface area contributed by atoms with Crippen molar-refractivity contribution < 1.29 is 14.3 Å². The molecule has 2 aromatic carbocycles. The average molecular weight is 463 g/mol. The number of rotatable bonds is 10. The van der Waals surface area contributed by atoms with Gasteiger partial charge >= 0.3 is 0 Å². The predicted molar refractivity (Wildman–Crippen MR) is 129 cm³/mol. The number of nitriles is 1. The average Bonchev–Trinajstić information content (AvgIpc) is 3.21. The van der Waals surface area contributed by atoms with Gasteiger partial charge in [-0.3, -0.25) is 10.1 Å². The van der Waals surface area contributed by atoms with E-state index in [4.69, 9.17) is 9.47 Å². The van der Waals surface area contributed by atoms with Crippen LogP contribution in [0.4, 0.5) is 5.13 Å². The Bertz CT molecular complexity index is 1150.